The van der Waals surface area contributed by atoms with Crippen LogP contribution in [0.3, 0.4) is 0 Å². The molecular weight excluding hydrogens is 576 g/mol. The normalized spacial score (nSPS) is 22.5. The molecule has 0 spiro atoms. The van der Waals surface area contributed by atoms with Gasteiger partial charge in [0, 0.05) is 41.7 Å². The van der Waals surface area contributed by atoms with Crippen LogP contribution in [0.5, 0.6) is 11.5 Å². The maximum Gasteiger partial charge on any atom is 0.266 e. The first-order chi connectivity index (χ1) is 22.0. The van der Waals surface area contributed by atoms with Gasteiger partial charge in [0.25, 0.3) is 5.91 Å². The Kier molecular flexibility index (Phi) is 10.5. The molecule has 1 amide bonds. The predicted molar refractivity (Wildman–Crippen MR) is 168 cm³/mol. The summed E-state index contributed by atoms with van der Waals surface area (Å²) in [6, 6.07) is 21.6. The molecule has 0 aromatic heterocycles. The summed E-state index contributed by atoms with van der Waals surface area (Å²) in [7, 11) is 1.57. The summed E-state index contributed by atoms with van der Waals surface area (Å²) in [6.45, 7) is 0.422. The second-order valence-corrected chi connectivity index (χ2v) is 11.2. The monoisotopic (exact) mass is 614 g/mol. The number of aliphatic hydroxyl groups excluding tert-OH is 2. The molecule has 12 nitrogen and oxygen atoms in total. The fourth-order valence-electron chi connectivity index (χ4n) is 5.68. The molecule has 5 rings (SSSR count). The van der Waals surface area contributed by atoms with Gasteiger partial charge in [-0.1, -0.05) is 41.5 Å². The van der Waals surface area contributed by atoms with Crippen LogP contribution in [0.25, 0.3) is 10.4 Å². The number of carbonyl (C=O) groups is 1. The number of benzene rings is 3. The van der Waals surface area contributed by atoms with Crippen LogP contribution in [-0.4, -0.2) is 60.0 Å². The number of nitrogens with one attached hydrogen (secondary N) is 2. The number of rotatable bonds is 13. The molecule has 0 unspecified atom stereocenters. The minimum atomic E-state index is -1.53. The van der Waals surface area contributed by atoms with E-state index in [4.69, 9.17) is 24.3 Å². The van der Waals surface area contributed by atoms with Crippen molar-refractivity contribution in [2.45, 2.75) is 62.3 Å². The maximum absolute atomic E-state index is 14.5. The SMILES string of the molecule is COc1cccc([C@@H]2OC(c3ccc(OCCCO)cc3)=N[C@]2(Cc2ccccc2N=[N+]=[N-])C(=O)NNC2CCC(O)CC2)c1. The lowest BCUT2D eigenvalue weighted by Crippen LogP contribution is -2.56. The Morgan fingerprint density at radius 3 is 2.60 bits per heavy atom. The highest BCUT2D eigenvalue weighted by atomic mass is 16.5. The minimum Gasteiger partial charge on any atom is -0.497 e. The van der Waals surface area contributed by atoms with E-state index >= 15 is 0 Å². The summed E-state index contributed by atoms with van der Waals surface area (Å²) in [4.78, 5) is 22.5. The van der Waals surface area contributed by atoms with E-state index in [2.05, 4.69) is 20.9 Å². The number of amides is 1. The lowest BCUT2D eigenvalue weighted by Gasteiger charge is -2.33. The number of methoxy groups -OCH3 is 1. The average molecular weight is 615 g/mol. The van der Waals surface area contributed by atoms with Crippen LogP contribution in [0.4, 0.5) is 5.69 Å². The van der Waals surface area contributed by atoms with Crippen LogP contribution in [-0.2, 0) is 16.0 Å². The van der Waals surface area contributed by atoms with Gasteiger partial charge in [0.15, 0.2) is 11.6 Å². The molecule has 4 N–H and O–H groups in total. The van der Waals surface area contributed by atoms with Crippen molar-refractivity contribution in [2.24, 2.45) is 10.1 Å². The van der Waals surface area contributed by atoms with Gasteiger partial charge in [-0.15, -0.1) is 0 Å². The summed E-state index contributed by atoms with van der Waals surface area (Å²) in [5.41, 5.74) is 16.2. The van der Waals surface area contributed by atoms with Crippen LogP contribution < -0.4 is 20.3 Å². The van der Waals surface area contributed by atoms with E-state index in [1.807, 2.05) is 48.5 Å². The lowest BCUT2D eigenvalue weighted by atomic mass is 9.81. The molecule has 1 aliphatic carbocycles. The smallest absolute Gasteiger partial charge is 0.266 e. The van der Waals surface area contributed by atoms with Crippen LogP contribution in [0.1, 0.15) is 54.9 Å². The van der Waals surface area contributed by atoms with Gasteiger partial charge in [-0.3, -0.25) is 10.2 Å². The first kappa shape index (κ1) is 31.8. The molecule has 236 valence electrons. The molecule has 3 aromatic carbocycles. The van der Waals surface area contributed by atoms with Crippen LogP contribution >= 0.6 is 0 Å². The predicted octanol–water partition coefficient (Wildman–Crippen LogP) is 4.82. The zero-order chi connectivity index (χ0) is 31.6. The molecule has 1 fully saturated rings. The average Bonchev–Trinajstić information content (AvgIpc) is 3.46. The molecule has 12 heteroatoms. The summed E-state index contributed by atoms with van der Waals surface area (Å²) >= 11 is 0. The van der Waals surface area contributed by atoms with Gasteiger partial charge < -0.3 is 24.4 Å². The summed E-state index contributed by atoms with van der Waals surface area (Å²) in [5.74, 6) is 1.07. The number of hydrogen-bond donors (Lipinski definition) is 4. The molecule has 2 aliphatic rings. The van der Waals surface area contributed by atoms with E-state index in [1.54, 1.807) is 31.4 Å². The van der Waals surface area contributed by atoms with Crippen molar-refractivity contribution >= 4 is 17.5 Å². The van der Waals surface area contributed by atoms with Crippen molar-refractivity contribution in [1.29, 1.82) is 0 Å². The Balaban J connectivity index is 1.57. The standard InChI is InChI=1S/C33H38N6O6/c1-43-28-8-4-7-23(20-28)30-33(21-24-6-2-3-9-29(24)37-39-34,32(42)38-36-25-12-14-26(41)15-13-25)35-31(45-30)22-10-16-27(17-11-22)44-19-5-18-40/h2-4,6-11,16-17,20,25-26,30,36,40-41H,5,12-15,18-19,21H2,1H3,(H,38,42)/t25?,26?,30-,33-/m0/s1. The molecule has 0 saturated heterocycles. The molecule has 1 saturated carbocycles. The zero-order valence-corrected chi connectivity index (χ0v) is 25.1. The van der Waals surface area contributed by atoms with Gasteiger partial charge >= 0.3 is 0 Å². The fourth-order valence-corrected chi connectivity index (χ4v) is 5.68. The second-order valence-electron chi connectivity index (χ2n) is 11.2. The van der Waals surface area contributed by atoms with Crippen molar-refractivity contribution in [2.75, 3.05) is 20.3 Å². The van der Waals surface area contributed by atoms with E-state index in [0.29, 0.717) is 72.6 Å². The molecule has 0 bridgehead atoms. The second kappa shape index (κ2) is 14.9. The van der Waals surface area contributed by atoms with Crippen molar-refractivity contribution in [3.05, 3.63) is 99.9 Å². The Morgan fingerprint density at radius 1 is 1.09 bits per heavy atom. The van der Waals surface area contributed by atoms with Crippen molar-refractivity contribution < 1.29 is 29.2 Å². The van der Waals surface area contributed by atoms with Crippen LogP contribution in [0.2, 0.25) is 0 Å². The minimum absolute atomic E-state index is 0.00991. The quantitative estimate of drug-likeness (QED) is 0.0703. The third-order valence-corrected chi connectivity index (χ3v) is 8.12. The van der Waals surface area contributed by atoms with E-state index in [1.165, 1.54) is 0 Å². The lowest BCUT2D eigenvalue weighted by molar-refractivity contribution is -0.130. The number of azide groups is 1. The van der Waals surface area contributed by atoms with Crippen LogP contribution in [0, 0.1) is 0 Å². The highest BCUT2D eigenvalue weighted by Crippen LogP contribution is 2.44. The number of nitrogens with zero attached hydrogens (tertiary/aromatic N) is 4. The Labute approximate surface area is 261 Å². The molecule has 45 heavy (non-hydrogen) atoms. The van der Waals surface area contributed by atoms with E-state index in [9.17, 15) is 15.4 Å². The Hall–Kier alpha value is -4.61. The van der Waals surface area contributed by atoms with Gasteiger partial charge in [-0.25, -0.2) is 10.4 Å². The number of aliphatic imine (C=N–C) groups is 1. The highest BCUT2D eigenvalue weighted by Gasteiger charge is 2.54. The topological polar surface area (TPSA) is 170 Å². The van der Waals surface area contributed by atoms with Crippen LogP contribution in [0.15, 0.2) is 82.9 Å². The largest absolute Gasteiger partial charge is 0.497 e. The Morgan fingerprint density at radius 2 is 1.87 bits per heavy atom. The van der Waals surface area contributed by atoms with Crippen molar-refractivity contribution in [1.82, 2.24) is 10.9 Å². The number of aliphatic hydroxyl groups is 2. The summed E-state index contributed by atoms with van der Waals surface area (Å²) in [6.07, 6.45) is 2.10. The first-order valence-corrected chi connectivity index (χ1v) is 15.1. The van der Waals surface area contributed by atoms with Crippen molar-refractivity contribution in [3.8, 4) is 11.5 Å². The first-order valence-electron chi connectivity index (χ1n) is 15.1. The Bertz CT molecular complexity index is 1530. The van der Waals surface area contributed by atoms with E-state index < -0.39 is 17.6 Å². The van der Waals surface area contributed by atoms with Gasteiger partial charge in [-0.05, 0) is 78.7 Å². The van der Waals surface area contributed by atoms with Gasteiger partial charge in [0.2, 0.25) is 5.90 Å². The molecule has 0 radical (unpaired) electrons. The number of hydrogen-bond acceptors (Lipinski definition) is 9. The van der Waals surface area contributed by atoms with Gasteiger partial charge in [0.1, 0.15) is 11.5 Å². The molecule has 3 aromatic rings. The molecule has 2 atom stereocenters. The fraction of sp³-hybridized carbons (Fsp3) is 0.394. The third kappa shape index (κ3) is 7.55. The van der Waals surface area contributed by atoms with E-state index in [-0.39, 0.29) is 31.1 Å². The van der Waals surface area contributed by atoms with Gasteiger partial charge in [0.05, 0.1) is 19.8 Å². The number of carbonyl (C=O) groups excluding carboxylic acids is 1. The molecule has 1 aliphatic heterocycles. The number of ether oxygens (including phenoxy) is 3. The third-order valence-electron chi connectivity index (χ3n) is 8.12. The van der Waals surface area contributed by atoms with E-state index in [0.717, 1.165) is 0 Å². The van der Waals surface area contributed by atoms with Gasteiger partial charge in [-0.2, -0.15) is 0 Å². The summed E-state index contributed by atoms with van der Waals surface area (Å²) in [5, 5.41) is 22.9. The van der Waals surface area contributed by atoms with Crippen molar-refractivity contribution in [3.63, 3.8) is 0 Å². The number of hydrazine groups is 1. The zero-order valence-electron chi connectivity index (χ0n) is 25.1. The highest BCUT2D eigenvalue weighted by molar-refractivity contribution is 6.01. The molecule has 1 heterocycles. The molecular formula is C33H38N6O6. The maximum atomic E-state index is 14.5. The summed E-state index contributed by atoms with van der Waals surface area (Å²) < 4.78 is 17.8.